The molecule has 0 aliphatic heterocycles. The van der Waals surface area contributed by atoms with E-state index in [-0.39, 0.29) is 17.0 Å². The molecule has 2 N–H and O–H groups in total. The molecule has 194 valence electrons. The first kappa shape index (κ1) is 27.7. The van der Waals surface area contributed by atoms with Gasteiger partial charge in [0.2, 0.25) is 0 Å². The summed E-state index contributed by atoms with van der Waals surface area (Å²) in [5.41, 5.74) is 5.29. The standard InChI is InChI=1S/C25H21NO4.C6H15N/c1-14-4-13-20-21(25(28)29)24(27)23(26-22(20)15(14)2)18-7-5-16(6-8-18)17-9-11-19(30-3)12-10-17;1-4-7(5-2)6-3/h4-13,27H,1-3H3,(H,28,29);4-6H2,1-3H3. The van der Waals surface area contributed by atoms with Crippen molar-refractivity contribution in [2.45, 2.75) is 34.6 Å². The fraction of sp³-hybridized carbons (Fsp3) is 0.290. The van der Waals surface area contributed by atoms with Crippen LogP contribution in [-0.4, -0.2) is 52.8 Å². The molecule has 4 aromatic rings. The molecule has 0 aliphatic carbocycles. The Morgan fingerprint density at radius 2 is 1.35 bits per heavy atom. The van der Waals surface area contributed by atoms with Crippen LogP contribution in [0.15, 0.2) is 60.7 Å². The number of carboxylic acids is 1. The summed E-state index contributed by atoms with van der Waals surface area (Å²) in [6.07, 6.45) is 0. The zero-order valence-corrected chi connectivity index (χ0v) is 22.5. The Labute approximate surface area is 219 Å². The molecule has 0 atom stereocenters. The van der Waals surface area contributed by atoms with E-state index in [1.165, 1.54) is 19.6 Å². The molecule has 3 aromatic carbocycles. The molecule has 1 heterocycles. The number of aromatic carboxylic acids is 1. The molecule has 0 saturated heterocycles. The maximum absolute atomic E-state index is 11.9. The quantitative estimate of drug-likeness (QED) is 0.286. The van der Waals surface area contributed by atoms with Gasteiger partial charge in [-0.15, -0.1) is 0 Å². The molecule has 0 fully saturated rings. The predicted molar refractivity (Wildman–Crippen MR) is 151 cm³/mol. The van der Waals surface area contributed by atoms with E-state index < -0.39 is 5.97 Å². The van der Waals surface area contributed by atoms with Crippen molar-refractivity contribution in [3.05, 3.63) is 77.4 Å². The lowest BCUT2D eigenvalue weighted by Gasteiger charge is -2.13. The van der Waals surface area contributed by atoms with E-state index in [2.05, 4.69) is 30.7 Å². The third-order valence-corrected chi connectivity index (χ3v) is 6.79. The highest BCUT2D eigenvalue weighted by Crippen LogP contribution is 2.37. The van der Waals surface area contributed by atoms with Crippen LogP contribution in [0.3, 0.4) is 0 Å². The van der Waals surface area contributed by atoms with E-state index in [1.54, 1.807) is 13.2 Å². The maximum atomic E-state index is 11.9. The molecule has 0 spiro atoms. The number of pyridine rings is 1. The van der Waals surface area contributed by atoms with Gasteiger partial charge >= 0.3 is 5.97 Å². The maximum Gasteiger partial charge on any atom is 0.340 e. The number of methoxy groups -OCH3 is 1. The van der Waals surface area contributed by atoms with Crippen molar-refractivity contribution in [1.82, 2.24) is 9.88 Å². The highest BCUT2D eigenvalue weighted by atomic mass is 16.5. The number of hydrogen-bond donors (Lipinski definition) is 2. The Hall–Kier alpha value is -3.90. The van der Waals surface area contributed by atoms with Gasteiger partial charge in [-0.2, -0.15) is 0 Å². The summed E-state index contributed by atoms with van der Waals surface area (Å²) < 4.78 is 5.19. The molecule has 0 saturated carbocycles. The minimum absolute atomic E-state index is 0.127. The third-order valence-electron chi connectivity index (χ3n) is 6.79. The number of carbonyl (C=O) groups is 1. The number of fused-ring (bicyclic) bond motifs is 1. The lowest BCUT2D eigenvalue weighted by atomic mass is 9.97. The van der Waals surface area contributed by atoms with Crippen molar-refractivity contribution < 1.29 is 19.7 Å². The van der Waals surface area contributed by atoms with Crippen molar-refractivity contribution in [3.63, 3.8) is 0 Å². The third kappa shape index (κ3) is 6.09. The number of aromatic hydroxyl groups is 1. The van der Waals surface area contributed by atoms with Gasteiger partial charge < -0.3 is 19.8 Å². The molecule has 0 radical (unpaired) electrons. The summed E-state index contributed by atoms with van der Waals surface area (Å²) in [5.74, 6) is -0.720. The topological polar surface area (TPSA) is 82.9 Å². The van der Waals surface area contributed by atoms with Crippen molar-refractivity contribution in [1.29, 1.82) is 0 Å². The first-order valence-electron chi connectivity index (χ1n) is 12.6. The molecule has 0 amide bonds. The first-order valence-corrected chi connectivity index (χ1v) is 12.6. The second-order valence-corrected chi connectivity index (χ2v) is 8.82. The van der Waals surface area contributed by atoms with Crippen LogP contribution in [0.2, 0.25) is 0 Å². The van der Waals surface area contributed by atoms with Crippen molar-refractivity contribution >= 4 is 16.9 Å². The van der Waals surface area contributed by atoms with E-state index in [1.807, 2.05) is 68.4 Å². The number of aryl methyl sites for hydroxylation is 2. The molecule has 0 bridgehead atoms. The number of aromatic nitrogens is 1. The Morgan fingerprint density at radius 1 is 0.838 bits per heavy atom. The average Bonchev–Trinajstić information content (AvgIpc) is 2.92. The van der Waals surface area contributed by atoms with Crippen molar-refractivity contribution in [3.8, 4) is 33.9 Å². The second-order valence-electron chi connectivity index (χ2n) is 8.82. The largest absolute Gasteiger partial charge is 0.505 e. The second kappa shape index (κ2) is 12.4. The molecular weight excluding hydrogens is 464 g/mol. The number of benzene rings is 3. The van der Waals surface area contributed by atoms with Crippen molar-refractivity contribution in [2.75, 3.05) is 26.7 Å². The van der Waals surface area contributed by atoms with Crippen LogP contribution in [0.1, 0.15) is 42.3 Å². The fourth-order valence-corrected chi connectivity index (χ4v) is 4.25. The molecule has 4 rings (SSSR count). The van der Waals surface area contributed by atoms with Crippen LogP contribution < -0.4 is 4.74 Å². The number of carboxylic acid groups (broad SMARTS) is 1. The van der Waals surface area contributed by atoms with Gasteiger partial charge in [0.05, 0.1) is 12.6 Å². The van der Waals surface area contributed by atoms with Crippen LogP contribution >= 0.6 is 0 Å². The van der Waals surface area contributed by atoms with E-state index in [0.29, 0.717) is 16.5 Å². The zero-order chi connectivity index (χ0) is 27.1. The molecule has 6 heteroatoms. The average molecular weight is 501 g/mol. The molecule has 1 aromatic heterocycles. The number of rotatable bonds is 7. The molecule has 0 unspecified atom stereocenters. The monoisotopic (exact) mass is 500 g/mol. The summed E-state index contributed by atoms with van der Waals surface area (Å²) >= 11 is 0. The highest BCUT2D eigenvalue weighted by molar-refractivity contribution is 6.08. The van der Waals surface area contributed by atoms with Crippen LogP contribution in [0, 0.1) is 13.8 Å². The van der Waals surface area contributed by atoms with E-state index in [9.17, 15) is 15.0 Å². The highest BCUT2D eigenvalue weighted by Gasteiger charge is 2.22. The van der Waals surface area contributed by atoms with Gasteiger partial charge in [-0.3, -0.25) is 0 Å². The minimum Gasteiger partial charge on any atom is -0.505 e. The van der Waals surface area contributed by atoms with E-state index in [4.69, 9.17) is 4.74 Å². The fourth-order valence-electron chi connectivity index (χ4n) is 4.25. The Bertz CT molecular complexity index is 1350. The summed E-state index contributed by atoms with van der Waals surface area (Å²) in [6.45, 7) is 14.0. The zero-order valence-electron chi connectivity index (χ0n) is 22.5. The normalized spacial score (nSPS) is 10.8. The number of ether oxygens (including phenoxy) is 1. The molecule has 6 nitrogen and oxygen atoms in total. The summed E-state index contributed by atoms with van der Waals surface area (Å²) in [4.78, 5) is 18.9. The van der Waals surface area contributed by atoms with Gasteiger partial charge in [0.1, 0.15) is 17.0 Å². The summed E-state index contributed by atoms with van der Waals surface area (Å²) in [7, 11) is 1.63. The molecule has 0 aliphatic rings. The Balaban J connectivity index is 0.000000479. The smallest absolute Gasteiger partial charge is 0.340 e. The van der Waals surface area contributed by atoms with Crippen LogP contribution in [0.5, 0.6) is 11.5 Å². The van der Waals surface area contributed by atoms with Gasteiger partial charge in [0.15, 0.2) is 5.75 Å². The SMILES string of the molecule is CCN(CC)CC.COc1ccc(-c2ccc(-c3nc4c(C)c(C)ccc4c(C(=O)O)c3O)cc2)cc1. The van der Waals surface area contributed by atoms with Crippen molar-refractivity contribution in [2.24, 2.45) is 0 Å². The molecular formula is C31H36N2O4. The minimum atomic E-state index is -1.18. The predicted octanol–water partition coefficient (Wildman–Crippen LogP) is 6.95. The van der Waals surface area contributed by atoms with Crippen LogP contribution in [-0.2, 0) is 0 Å². The van der Waals surface area contributed by atoms with E-state index in [0.717, 1.165) is 28.0 Å². The van der Waals surface area contributed by atoms with Gasteiger partial charge in [-0.05, 0) is 67.9 Å². The van der Waals surface area contributed by atoms with E-state index >= 15 is 0 Å². The number of hydrogen-bond acceptors (Lipinski definition) is 5. The number of nitrogens with zero attached hydrogens (tertiary/aromatic N) is 2. The Morgan fingerprint density at radius 3 is 1.81 bits per heavy atom. The molecule has 37 heavy (non-hydrogen) atoms. The lowest BCUT2D eigenvalue weighted by Crippen LogP contribution is -2.21. The van der Waals surface area contributed by atoms with Crippen LogP contribution in [0.25, 0.3) is 33.3 Å². The Kier molecular flexibility index (Phi) is 9.25. The van der Waals surface area contributed by atoms with Gasteiger partial charge in [-0.25, -0.2) is 9.78 Å². The van der Waals surface area contributed by atoms with Crippen LogP contribution in [0.4, 0.5) is 0 Å². The van der Waals surface area contributed by atoms with Gasteiger partial charge in [0.25, 0.3) is 0 Å². The van der Waals surface area contributed by atoms with Gasteiger partial charge in [0, 0.05) is 10.9 Å². The summed E-state index contributed by atoms with van der Waals surface area (Å²) in [6, 6.07) is 18.8. The summed E-state index contributed by atoms with van der Waals surface area (Å²) in [5, 5.41) is 20.9. The lowest BCUT2D eigenvalue weighted by molar-refractivity contribution is 0.0696. The first-order chi connectivity index (χ1) is 17.7. The van der Waals surface area contributed by atoms with Gasteiger partial charge in [-0.1, -0.05) is 69.3 Å².